The normalized spacial score (nSPS) is 11.2. The van der Waals surface area contributed by atoms with E-state index in [1.54, 1.807) is 40.0 Å². The second kappa shape index (κ2) is 10.8. The summed E-state index contributed by atoms with van der Waals surface area (Å²) in [5, 5.41) is 14.4. The number of rotatable bonds is 7. The minimum absolute atomic E-state index is 0.237. The highest BCUT2D eigenvalue weighted by molar-refractivity contribution is 6.35. The SMILES string of the molecule is Cc1cccc(-c2nn(-c3ccccc3)cc2C=NNC(=O)c2ccn(Cc3ccc(Cl)cc3Cl)n2)c1. The average Bonchev–Trinajstić information content (AvgIpc) is 3.54. The van der Waals surface area contributed by atoms with Crippen LogP contribution in [0.4, 0.5) is 0 Å². The van der Waals surface area contributed by atoms with Gasteiger partial charge in [0, 0.05) is 33.6 Å². The van der Waals surface area contributed by atoms with E-state index in [0.29, 0.717) is 16.6 Å². The van der Waals surface area contributed by atoms with E-state index in [4.69, 9.17) is 28.3 Å². The van der Waals surface area contributed by atoms with Gasteiger partial charge in [-0.05, 0) is 48.9 Å². The van der Waals surface area contributed by atoms with Gasteiger partial charge in [-0.3, -0.25) is 9.48 Å². The summed E-state index contributed by atoms with van der Waals surface area (Å²) in [4.78, 5) is 12.7. The van der Waals surface area contributed by atoms with Crippen LogP contribution in [0.15, 0.2) is 96.4 Å². The highest BCUT2D eigenvalue weighted by Crippen LogP contribution is 2.24. The van der Waals surface area contributed by atoms with E-state index in [2.05, 4.69) is 21.7 Å². The van der Waals surface area contributed by atoms with E-state index in [-0.39, 0.29) is 5.69 Å². The number of nitrogens with one attached hydrogen (secondary N) is 1. The Bertz CT molecular complexity index is 1590. The molecule has 2 aromatic heterocycles. The number of carbonyl (C=O) groups excluding carboxylic acids is 1. The second-order valence-corrected chi connectivity index (χ2v) is 9.26. The van der Waals surface area contributed by atoms with Crippen LogP contribution in [0.5, 0.6) is 0 Å². The van der Waals surface area contributed by atoms with Crippen molar-refractivity contribution in [3.05, 3.63) is 124 Å². The minimum atomic E-state index is -0.426. The predicted molar refractivity (Wildman–Crippen MR) is 147 cm³/mol. The third-order valence-electron chi connectivity index (χ3n) is 5.65. The first kappa shape index (κ1) is 24.5. The second-order valence-electron chi connectivity index (χ2n) is 8.42. The van der Waals surface area contributed by atoms with Crippen molar-refractivity contribution in [1.82, 2.24) is 25.0 Å². The zero-order valence-electron chi connectivity index (χ0n) is 19.8. The first-order chi connectivity index (χ1) is 18.0. The first-order valence-electron chi connectivity index (χ1n) is 11.5. The fourth-order valence-corrected chi connectivity index (χ4v) is 4.29. The van der Waals surface area contributed by atoms with Crippen molar-refractivity contribution in [2.45, 2.75) is 13.5 Å². The molecule has 0 atom stereocenters. The lowest BCUT2D eigenvalue weighted by molar-refractivity contribution is 0.0949. The van der Waals surface area contributed by atoms with E-state index in [9.17, 15) is 4.79 Å². The Balaban J connectivity index is 1.33. The molecule has 0 radical (unpaired) electrons. The van der Waals surface area contributed by atoms with E-state index < -0.39 is 5.91 Å². The molecule has 0 fully saturated rings. The van der Waals surface area contributed by atoms with Gasteiger partial charge < -0.3 is 0 Å². The topological polar surface area (TPSA) is 77.1 Å². The van der Waals surface area contributed by atoms with Crippen LogP contribution < -0.4 is 5.43 Å². The van der Waals surface area contributed by atoms with Gasteiger partial charge in [-0.25, -0.2) is 10.1 Å². The van der Waals surface area contributed by atoms with E-state index in [0.717, 1.165) is 33.6 Å². The van der Waals surface area contributed by atoms with Gasteiger partial charge in [-0.1, -0.05) is 71.2 Å². The summed E-state index contributed by atoms with van der Waals surface area (Å²) in [6.45, 7) is 2.44. The van der Waals surface area contributed by atoms with Gasteiger partial charge in [0.05, 0.1) is 18.4 Å². The molecule has 0 unspecified atom stereocenters. The maximum Gasteiger partial charge on any atom is 0.291 e. The fraction of sp³-hybridized carbons (Fsp3) is 0.0714. The maximum atomic E-state index is 12.7. The molecule has 5 aromatic rings. The van der Waals surface area contributed by atoms with Gasteiger partial charge in [-0.15, -0.1) is 0 Å². The summed E-state index contributed by atoms with van der Waals surface area (Å²) in [6.07, 6.45) is 5.18. The number of para-hydroxylation sites is 1. The quantitative estimate of drug-likeness (QED) is 0.203. The molecule has 0 spiro atoms. The first-order valence-corrected chi connectivity index (χ1v) is 12.2. The third kappa shape index (κ3) is 5.80. The predicted octanol–water partition coefficient (Wildman–Crippen LogP) is 6.16. The molecule has 0 aliphatic rings. The number of carbonyl (C=O) groups is 1. The monoisotopic (exact) mass is 528 g/mol. The van der Waals surface area contributed by atoms with Gasteiger partial charge in [0.15, 0.2) is 5.69 Å². The van der Waals surface area contributed by atoms with Gasteiger partial charge in [0.2, 0.25) is 0 Å². The van der Waals surface area contributed by atoms with Gasteiger partial charge in [0.1, 0.15) is 5.69 Å². The number of aryl methyl sites for hydroxylation is 1. The zero-order valence-corrected chi connectivity index (χ0v) is 21.4. The molecular formula is C28H22Cl2N6O. The zero-order chi connectivity index (χ0) is 25.8. The number of hydrogen-bond acceptors (Lipinski definition) is 4. The standard InChI is InChI=1S/C28H22Cl2N6O/c1-19-6-5-7-20(14-19)27-22(18-36(34-27)24-8-3-2-4-9-24)16-31-32-28(37)26-12-13-35(33-26)17-21-10-11-23(29)15-25(21)30/h2-16,18H,17H2,1H3,(H,32,37). The highest BCUT2D eigenvalue weighted by atomic mass is 35.5. The van der Waals surface area contributed by atoms with Crippen molar-refractivity contribution in [1.29, 1.82) is 0 Å². The Hall–Kier alpha value is -4.20. The lowest BCUT2D eigenvalue weighted by atomic mass is 10.1. The Labute approximate surface area is 224 Å². The van der Waals surface area contributed by atoms with Crippen LogP contribution in [0, 0.1) is 6.92 Å². The van der Waals surface area contributed by atoms with Crippen LogP contribution in [-0.4, -0.2) is 31.7 Å². The highest BCUT2D eigenvalue weighted by Gasteiger charge is 2.13. The molecule has 37 heavy (non-hydrogen) atoms. The van der Waals surface area contributed by atoms with Crippen molar-refractivity contribution >= 4 is 35.3 Å². The smallest absolute Gasteiger partial charge is 0.267 e. The Kier molecular flexibility index (Phi) is 7.16. The molecule has 1 N–H and O–H groups in total. The summed E-state index contributed by atoms with van der Waals surface area (Å²) in [6, 6.07) is 24.8. The minimum Gasteiger partial charge on any atom is -0.267 e. The Morgan fingerprint density at radius 2 is 1.84 bits per heavy atom. The Morgan fingerprint density at radius 3 is 2.62 bits per heavy atom. The summed E-state index contributed by atoms with van der Waals surface area (Å²) in [5.41, 5.74) is 8.17. The average molecular weight is 529 g/mol. The molecule has 0 aliphatic carbocycles. The third-order valence-corrected chi connectivity index (χ3v) is 6.23. The van der Waals surface area contributed by atoms with Crippen molar-refractivity contribution in [3.8, 4) is 16.9 Å². The summed E-state index contributed by atoms with van der Waals surface area (Å²) in [5.74, 6) is -0.426. The lowest BCUT2D eigenvalue weighted by Gasteiger charge is -2.05. The summed E-state index contributed by atoms with van der Waals surface area (Å²) < 4.78 is 3.43. The molecule has 184 valence electrons. The van der Waals surface area contributed by atoms with Crippen molar-refractivity contribution in [2.24, 2.45) is 5.10 Å². The van der Waals surface area contributed by atoms with E-state index in [1.165, 1.54) is 0 Å². The number of aromatic nitrogens is 4. The molecule has 0 bridgehead atoms. The van der Waals surface area contributed by atoms with Gasteiger partial charge >= 0.3 is 0 Å². The molecule has 1 amide bonds. The number of hydrazone groups is 1. The fourth-order valence-electron chi connectivity index (χ4n) is 3.82. The molecule has 0 saturated carbocycles. The van der Waals surface area contributed by atoms with Gasteiger partial charge in [0.25, 0.3) is 5.91 Å². The largest absolute Gasteiger partial charge is 0.291 e. The number of amides is 1. The molecule has 5 rings (SSSR count). The number of nitrogens with zero attached hydrogens (tertiary/aromatic N) is 5. The van der Waals surface area contributed by atoms with Crippen LogP contribution in [0.3, 0.4) is 0 Å². The molecule has 7 nitrogen and oxygen atoms in total. The van der Waals surface area contributed by atoms with Crippen LogP contribution in [-0.2, 0) is 6.54 Å². The molecule has 0 aliphatic heterocycles. The summed E-state index contributed by atoms with van der Waals surface area (Å²) >= 11 is 12.2. The maximum absolute atomic E-state index is 12.7. The van der Waals surface area contributed by atoms with Crippen LogP contribution in [0.25, 0.3) is 16.9 Å². The van der Waals surface area contributed by atoms with Crippen molar-refractivity contribution < 1.29 is 4.79 Å². The molecular weight excluding hydrogens is 507 g/mol. The Morgan fingerprint density at radius 1 is 1.00 bits per heavy atom. The van der Waals surface area contributed by atoms with Gasteiger partial charge in [-0.2, -0.15) is 15.3 Å². The molecule has 2 heterocycles. The van der Waals surface area contributed by atoms with Crippen molar-refractivity contribution in [2.75, 3.05) is 0 Å². The summed E-state index contributed by atoms with van der Waals surface area (Å²) in [7, 11) is 0. The lowest BCUT2D eigenvalue weighted by Crippen LogP contribution is -2.18. The molecule has 0 saturated heterocycles. The number of hydrogen-bond donors (Lipinski definition) is 1. The molecule has 3 aromatic carbocycles. The number of halogens is 2. The van der Waals surface area contributed by atoms with Crippen LogP contribution >= 0.6 is 23.2 Å². The molecule has 9 heteroatoms. The number of benzene rings is 3. The van der Waals surface area contributed by atoms with E-state index >= 15 is 0 Å². The van der Waals surface area contributed by atoms with Crippen LogP contribution in [0.2, 0.25) is 10.0 Å². The van der Waals surface area contributed by atoms with Crippen LogP contribution in [0.1, 0.15) is 27.2 Å². The van der Waals surface area contributed by atoms with E-state index in [1.807, 2.05) is 67.7 Å². The van der Waals surface area contributed by atoms with Crippen molar-refractivity contribution in [3.63, 3.8) is 0 Å².